The molecule has 0 unspecified atom stereocenters. The zero-order valence-corrected chi connectivity index (χ0v) is 47.4. The van der Waals surface area contributed by atoms with Gasteiger partial charge in [0.25, 0.3) is 0 Å². The summed E-state index contributed by atoms with van der Waals surface area (Å²) in [6.07, 6.45) is 0.524. The minimum absolute atomic E-state index is 0.00372. The van der Waals surface area contributed by atoms with Crippen LogP contribution in [-0.4, -0.2) is 181 Å². The molecule has 81 heavy (non-hydrogen) atoms. The number of hydrogen-bond donors (Lipinski definition) is 17. The molecule has 1 aromatic rings. The van der Waals surface area contributed by atoms with Gasteiger partial charge in [-0.25, -0.2) is 0 Å². The molecule has 1 heterocycles. The Morgan fingerprint density at radius 1 is 0.605 bits per heavy atom. The maximum atomic E-state index is 14.3. The first-order valence-electron chi connectivity index (χ1n) is 28.0. The van der Waals surface area contributed by atoms with Gasteiger partial charge in [-0.2, -0.15) is 0 Å². The molecule has 28 heteroatoms. The first-order chi connectivity index (χ1) is 38.5. The second-order valence-electron chi connectivity index (χ2n) is 20.6. The van der Waals surface area contributed by atoms with Gasteiger partial charge in [0, 0.05) is 19.4 Å². The van der Waals surface area contributed by atoms with Crippen LogP contribution in [0.4, 0.5) is 0 Å². The lowest BCUT2D eigenvalue weighted by molar-refractivity contribution is -0.136. The molecular formula is C53H91N15O13. The van der Waals surface area contributed by atoms with Gasteiger partial charge in [-0.3, -0.25) is 52.7 Å². The number of amides is 11. The Morgan fingerprint density at radius 3 is 1.65 bits per heavy atom. The van der Waals surface area contributed by atoms with Crippen molar-refractivity contribution in [2.45, 2.75) is 185 Å². The van der Waals surface area contributed by atoms with E-state index < -0.39 is 151 Å². The molecule has 11 amide bonds. The quantitative estimate of drug-likeness (QED) is 0.0366. The number of benzene rings is 1. The van der Waals surface area contributed by atoms with E-state index in [9.17, 15) is 63.0 Å². The predicted octanol–water partition coefficient (Wildman–Crippen LogP) is -5.21. The fraction of sp³-hybridized carbons (Fsp3) is 0.679. The topological polar surface area (TPSA) is 465 Å². The van der Waals surface area contributed by atoms with Gasteiger partial charge in [-0.1, -0.05) is 76.8 Å². The Morgan fingerprint density at radius 2 is 1.12 bits per heavy atom. The summed E-state index contributed by atoms with van der Waals surface area (Å²) in [4.78, 5) is 151. The van der Waals surface area contributed by atoms with Gasteiger partial charge in [-0.05, 0) is 96.5 Å². The SMILES string of the molecule is CCCCCCCC(=O)N[C@H](CCN)C(=O)N[C@H](C(=O)NCC(=O)N[C@H]1CCNC(=O)[C@H]([C@@H](C)O)NC(=O)[C@H](CCN)NC(=O)[C@H](CCN)NC(=O)[C@H](CC(C)C)NC(=O)[C@@H](Cc2ccccc2)NC(=O)[C@H](CCN)NC1=O)[C@@H](C)O. The van der Waals surface area contributed by atoms with E-state index in [-0.39, 0.29) is 77.0 Å². The highest BCUT2D eigenvalue weighted by molar-refractivity contribution is 5.99. The van der Waals surface area contributed by atoms with Gasteiger partial charge in [0.2, 0.25) is 65.0 Å². The third-order valence-corrected chi connectivity index (χ3v) is 13.1. The third-order valence-electron chi connectivity index (χ3n) is 13.1. The highest BCUT2D eigenvalue weighted by atomic mass is 16.3. The monoisotopic (exact) mass is 1150 g/mol. The smallest absolute Gasteiger partial charge is 0.245 e. The summed E-state index contributed by atoms with van der Waals surface area (Å²) in [6.45, 7) is 6.33. The van der Waals surface area contributed by atoms with Crippen molar-refractivity contribution in [2.75, 3.05) is 39.3 Å². The number of aliphatic hydroxyl groups is 2. The van der Waals surface area contributed by atoms with Crippen molar-refractivity contribution in [1.82, 2.24) is 58.5 Å². The standard InChI is InChI=1S/C53H91N15O13/c1-6-7-8-9-13-16-41(71)60-34(17-22-54)48(76)68-44(32(5)70)53(81)59-29-42(72)61-38-21-26-58-52(80)43(31(4)69)67-49(77)37(20-25-57)63-45(73)35(18-23-55)64-50(78)39(27-30(2)3)65-51(79)40(28-33-14-11-10-12-15-33)66-46(74)36(19-24-56)62-47(38)75/h10-12,14-15,30-32,34-40,43-44,69-70H,6-9,13,16-29,54-57H2,1-5H3,(H,58,80)(H,59,81)(H,60,71)(H,61,72)(H,62,75)(H,63,73)(H,64,78)(H,65,79)(H,66,74)(H,67,77)(H,68,76)/t31-,32-,34-,35+,36+,37+,38+,39+,40-,43+,44+/m1/s1. The molecule has 0 spiro atoms. The number of hydrogen-bond acceptors (Lipinski definition) is 17. The highest BCUT2D eigenvalue weighted by Crippen LogP contribution is 2.12. The van der Waals surface area contributed by atoms with Crippen molar-refractivity contribution in [2.24, 2.45) is 28.9 Å². The van der Waals surface area contributed by atoms with Crippen molar-refractivity contribution in [3.63, 3.8) is 0 Å². The van der Waals surface area contributed by atoms with Gasteiger partial charge < -0.3 is 91.6 Å². The average Bonchev–Trinajstić information content (AvgIpc) is 3.42. The number of unbranched alkanes of at least 4 members (excludes halogenated alkanes) is 4. The first kappa shape index (κ1) is 70.3. The number of nitrogens with one attached hydrogen (secondary N) is 11. The van der Waals surface area contributed by atoms with E-state index in [2.05, 4.69) is 65.4 Å². The van der Waals surface area contributed by atoms with Crippen molar-refractivity contribution in [3.8, 4) is 0 Å². The van der Waals surface area contributed by atoms with Crippen molar-refractivity contribution >= 4 is 65.0 Å². The van der Waals surface area contributed by atoms with Crippen molar-refractivity contribution in [3.05, 3.63) is 35.9 Å². The fourth-order valence-corrected chi connectivity index (χ4v) is 8.58. The molecule has 0 radical (unpaired) electrons. The van der Waals surface area contributed by atoms with Crippen molar-refractivity contribution in [1.29, 1.82) is 0 Å². The second kappa shape index (κ2) is 38.0. The van der Waals surface area contributed by atoms with Crippen LogP contribution in [0.25, 0.3) is 0 Å². The normalized spacial score (nSPS) is 22.6. The van der Waals surface area contributed by atoms with Gasteiger partial charge in [-0.15, -0.1) is 0 Å². The molecule has 2 rings (SSSR count). The first-order valence-corrected chi connectivity index (χ1v) is 28.0. The molecule has 1 aliphatic heterocycles. The average molecular weight is 1150 g/mol. The van der Waals surface area contributed by atoms with Crippen LogP contribution in [-0.2, 0) is 59.2 Å². The summed E-state index contributed by atoms with van der Waals surface area (Å²) < 4.78 is 0. The van der Waals surface area contributed by atoms with Gasteiger partial charge in [0.1, 0.15) is 54.4 Å². The van der Waals surface area contributed by atoms with E-state index in [1.54, 1.807) is 44.2 Å². The zero-order valence-electron chi connectivity index (χ0n) is 47.4. The summed E-state index contributed by atoms with van der Waals surface area (Å²) in [7, 11) is 0. The fourth-order valence-electron chi connectivity index (χ4n) is 8.58. The van der Waals surface area contributed by atoms with Crippen LogP contribution < -0.4 is 81.4 Å². The van der Waals surface area contributed by atoms with Gasteiger partial charge in [0.05, 0.1) is 18.8 Å². The van der Waals surface area contributed by atoms with Crippen LogP contribution in [0.5, 0.6) is 0 Å². The molecule has 1 saturated heterocycles. The van der Waals surface area contributed by atoms with Crippen LogP contribution in [0.15, 0.2) is 30.3 Å². The Kier molecular flexibility index (Phi) is 32.9. The summed E-state index contributed by atoms with van der Waals surface area (Å²) in [5, 5.41) is 49.0. The maximum Gasteiger partial charge on any atom is 0.245 e. The summed E-state index contributed by atoms with van der Waals surface area (Å²) in [5.74, 6) is -9.77. The minimum Gasteiger partial charge on any atom is -0.391 e. The molecule has 0 saturated carbocycles. The largest absolute Gasteiger partial charge is 0.391 e. The van der Waals surface area contributed by atoms with Gasteiger partial charge >= 0.3 is 0 Å². The molecule has 21 N–H and O–H groups in total. The van der Waals surface area contributed by atoms with E-state index in [1.165, 1.54) is 13.8 Å². The zero-order chi connectivity index (χ0) is 60.6. The lowest BCUT2D eigenvalue weighted by atomic mass is 10.00. The Labute approximate surface area is 473 Å². The number of carbonyl (C=O) groups is 11. The van der Waals surface area contributed by atoms with Crippen LogP contribution >= 0.6 is 0 Å². The number of aliphatic hydroxyl groups excluding tert-OH is 2. The lowest BCUT2D eigenvalue weighted by Gasteiger charge is -2.28. The van der Waals surface area contributed by atoms with E-state index in [1.807, 2.05) is 0 Å². The summed E-state index contributed by atoms with van der Waals surface area (Å²) in [5.41, 5.74) is 23.9. The Balaban J connectivity index is 2.58. The summed E-state index contributed by atoms with van der Waals surface area (Å²) in [6, 6.07) is -4.42. The molecule has 0 aromatic heterocycles. The van der Waals surface area contributed by atoms with Crippen LogP contribution in [0.1, 0.15) is 117 Å². The molecule has 456 valence electrons. The van der Waals surface area contributed by atoms with E-state index in [0.29, 0.717) is 12.0 Å². The van der Waals surface area contributed by atoms with Crippen molar-refractivity contribution < 1.29 is 63.0 Å². The number of rotatable bonds is 27. The molecule has 1 aromatic carbocycles. The number of nitrogens with two attached hydrogens (primary N) is 4. The van der Waals surface area contributed by atoms with Gasteiger partial charge in [0.15, 0.2) is 0 Å². The molecule has 28 nitrogen and oxygen atoms in total. The molecule has 1 fully saturated rings. The Bertz CT molecular complexity index is 2210. The molecule has 0 aliphatic carbocycles. The maximum absolute atomic E-state index is 14.3. The molecular weight excluding hydrogens is 1050 g/mol. The molecule has 11 atom stereocenters. The van der Waals surface area contributed by atoms with E-state index >= 15 is 0 Å². The van der Waals surface area contributed by atoms with Crippen LogP contribution in [0, 0.1) is 5.92 Å². The summed E-state index contributed by atoms with van der Waals surface area (Å²) >= 11 is 0. The van der Waals surface area contributed by atoms with E-state index in [0.717, 1.165) is 25.7 Å². The minimum atomic E-state index is -1.67. The molecule has 0 bridgehead atoms. The second-order valence-corrected chi connectivity index (χ2v) is 20.6. The lowest BCUT2D eigenvalue weighted by Crippen LogP contribution is -2.61. The van der Waals surface area contributed by atoms with Crippen LogP contribution in [0.2, 0.25) is 0 Å². The predicted molar refractivity (Wildman–Crippen MR) is 299 cm³/mol. The highest BCUT2D eigenvalue weighted by Gasteiger charge is 2.36. The number of carbonyl (C=O) groups excluding carboxylic acids is 11. The van der Waals surface area contributed by atoms with E-state index in [4.69, 9.17) is 22.9 Å². The third kappa shape index (κ3) is 26.1. The molecule has 1 aliphatic rings. The Hall–Kier alpha value is -6.85. The van der Waals surface area contributed by atoms with Crippen LogP contribution in [0.3, 0.4) is 0 Å².